The molecule has 0 atom stereocenters. The van der Waals surface area contributed by atoms with Crippen LogP contribution in [0, 0.1) is 0 Å². The molecule has 0 amide bonds. The predicted molar refractivity (Wildman–Crippen MR) is 138 cm³/mol. The van der Waals surface area contributed by atoms with Crippen molar-refractivity contribution in [2.24, 2.45) is 0 Å². The molecule has 0 heterocycles. The zero-order valence-corrected chi connectivity index (χ0v) is 20.9. The Bertz CT molecular complexity index is 1230. The van der Waals surface area contributed by atoms with Crippen LogP contribution in [0.3, 0.4) is 0 Å². The van der Waals surface area contributed by atoms with Crippen LogP contribution in [-0.2, 0) is 31.2 Å². The third-order valence-electron chi connectivity index (χ3n) is 4.72. The molecule has 4 aromatic carbocycles. The Balaban J connectivity index is 0.000000223. The molecule has 2 N–H and O–H groups in total. The summed E-state index contributed by atoms with van der Waals surface area (Å²) in [6.07, 6.45) is 0. The summed E-state index contributed by atoms with van der Waals surface area (Å²) in [5.74, 6) is 2.05. The molecule has 0 aliphatic rings. The number of rotatable bonds is 9. The molecule has 7 nitrogen and oxygen atoms in total. The minimum atomic E-state index is -4.61. The van der Waals surface area contributed by atoms with E-state index in [4.69, 9.17) is 4.74 Å². The minimum Gasteiger partial charge on any atom is -0.726 e. The van der Waals surface area contributed by atoms with Crippen molar-refractivity contribution in [1.82, 2.24) is 0 Å². The average Bonchev–Trinajstić information content (AvgIpc) is 2.88. The molecule has 0 radical (unpaired) electrons. The van der Waals surface area contributed by atoms with E-state index in [0.29, 0.717) is 5.75 Å². The summed E-state index contributed by atoms with van der Waals surface area (Å²) in [6, 6.07) is 33.9. The molecule has 188 valence electrons. The van der Waals surface area contributed by atoms with Gasteiger partial charge in [0.1, 0.15) is 29.6 Å². The fourth-order valence-electron chi connectivity index (χ4n) is 3.08. The monoisotopic (exact) mass is 526 g/mol. The minimum absolute atomic E-state index is 0.0193. The first-order valence-corrected chi connectivity index (χ1v) is 13.6. The first-order valence-electron chi connectivity index (χ1n) is 10.9. The Kier molecular flexibility index (Phi) is 10.2. The smallest absolute Gasteiger partial charge is 0.217 e. The summed E-state index contributed by atoms with van der Waals surface area (Å²) in [7, 11) is -4.75. The lowest BCUT2D eigenvalue weighted by atomic mass is 10.2. The molecule has 4 aromatic rings. The molecule has 36 heavy (non-hydrogen) atoms. The van der Waals surface area contributed by atoms with Crippen molar-refractivity contribution >= 4 is 21.3 Å². The summed E-state index contributed by atoms with van der Waals surface area (Å²) in [6.45, 7) is -0.258. The summed E-state index contributed by atoms with van der Waals surface area (Å²) in [4.78, 5) is 2.35. The van der Waals surface area contributed by atoms with E-state index in [0.717, 1.165) is 5.75 Å². The van der Waals surface area contributed by atoms with Crippen LogP contribution in [0.15, 0.2) is 119 Å². The van der Waals surface area contributed by atoms with Crippen LogP contribution in [0.1, 0.15) is 5.56 Å². The number of ether oxygens (including phenoxy) is 1. The lowest BCUT2D eigenvalue weighted by Gasteiger charge is -2.09. The SMILES string of the molecule is O=S(=O)([O-])OCCOc1ccccc1.Oc1ccc([S+](Cc2ccccc2)c2ccc(O)cc2)cc1. The first kappa shape index (κ1) is 27.1. The Morgan fingerprint density at radius 2 is 1.14 bits per heavy atom. The molecule has 0 saturated carbocycles. The van der Waals surface area contributed by atoms with Gasteiger partial charge in [0.15, 0.2) is 9.79 Å². The van der Waals surface area contributed by atoms with E-state index in [9.17, 15) is 23.2 Å². The van der Waals surface area contributed by atoms with Gasteiger partial charge in [-0.15, -0.1) is 0 Å². The summed E-state index contributed by atoms with van der Waals surface area (Å²) >= 11 is 0. The maximum Gasteiger partial charge on any atom is 0.217 e. The van der Waals surface area contributed by atoms with Crippen molar-refractivity contribution in [3.05, 3.63) is 115 Å². The number of hydrogen-bond donors (Lipinski definition) is 2. The second kappa shape index (κ2) is 13.6. The average molecular weight is 527 g/mol. The van der Waals surface area contributed by atoms with Gasteiger partial charge < -0.3 is 19.5 Å². The standard InChI is InChI=1S/C19H16O2S.C8H10O5S/c20-16-6-10-18(11-7-16)22(14-15-4-2-1-3-5-15)19-12-8-17(21)9-13-19;9-14(10,11)13-7-6-12-8-4-2-1-3-5-8/h1-13H,14H2,(H-,20,21);1-5H,6-7H2,(H,9,10,11). The molecule has 0 saturated heterocycles. The van der Waals surface area contributed by atoms with Crippen LogP contribution in [0.5, 0.6) is 17.2 Å². The number of aromatic hydroxyl groups is 2. The Morgan fingerprint density at radius 3 is 1.61 bits per heavy atom. The van der Waals surface area contributed by atoms with Gasteiger partial charge >= 0.3 is 0 Å². The molecule has 0 fully saturated rings. The Hall–Kier alpha value is -3.50. The van der Waals surface area contributed by atoms with Crippen LogP contribution in [0.2, 0.25) is 0 Å². The zero-order valence-electron chi connectivity index (χ0n) is 19.3. The highest BCUT2D eigenvalue weighted by molar-refractivity contribution is 7.96. The normalized spacial score (nSPS) is 10.9. The van der Waals surface area contributed by atoms with E-state index in [2.05, 4.69) is 16.3 Å². The zero-order chi connectivity index (χ0) is 25.8. The van der Waals surface area contributed by atoms with Crippen molar-refractivity contribution in [2.45, 2.75) is 15.5 Å². The third kappa shape index (κ3) is 9.63. The van der Waals surface area contributed by atoms with Crippen molar-refractivity contribution in [2.75, 3.05) is 13.2 Å². The molecule has 0 bridgehead atoms. The molecule has 0 unspecified atom stereocenters. The second-order valence-electron chi connectivity index (χ2n) is 7.40. The number of phenolic OH excluding ortho intramolecular Hbond substituents is 2. The van der Waals surface area contributed by atoms with E-state index in [1.165, 1.54) is 15.4 Å². The molecule has 0 aromatic heterocycles. The Morgan fingerprint density at radius 1 is 0.667 bits per heavy atom. The van der Waals surface area contributed by atoms with E-state index in [-0.39, 0.29) is 35.6 Å². The van der Waals surface area contributed by atoms with Gasteiger partial charge in [-0.05, 0) is 60.7 Å². The number of para-hydroxylation sites is 1. The van der Waals surface area contributed by atoms with Gasteiger partial charge in [0, 0.05) is 5.56 Å². The fraction of sp³-hybridized carbons (Fsp3) is 0.111. The van der Waals surface area contributed by atoms with E-state index in [1.807, 2.05) is 48.5 Å². The highest BCUT2D eigenvalue weighted by Gasteiger charge is 2.25. The molecule has 4 rings (SSSR count). The molecule has 0 aliphatic heterocycles. The maximum absolute atomic E-state index is 10.0. The summed E-state index contributed by atoms with van der Waals surface area (Å²) < 4.78 is 39.0. The lowest BCUT2D eigenvalue weighted by molar-refractivity contribution is 0.199. The first-order chi connectivity index (χ1) is 17.3. The molecular formula is C27H26O7S2. The van der Waals surface area contributed by atoms with Crippen molar-refractivity contribution in [3.8, 4) is 17.2 Å². The second-order valence-corrected chi connectivity index (χ2v) is 10.5. The highest BCUT2D eigenvalue weighted by atomic mass is 32.3. The molecule has 0 aliphatic carbocycles. The van der Waals surface area contributed by atoms with Crippen LogP contribution in [0.25, 0.3) is 0 Å². The highest BCUT2D eigenvalue weighted by Crippen LogP contribution is 2.29. The molecule has 0 spiro atoms. The van der Waals surface area contributed by atoms with E-state index >= 15 is 0 Å². The van der Waals surface area contributed by atoms with Gasteiger partial charge in [-0.25, -0.2) is 8.42 Å². The topological polar surface area (TPSA) is 116 Å². The number of benzene rings is 4. The van der Waals surface area contributed by atoms with Gasteiger partial charge in [-0.3, -0.25) is 4.18 Å². The van der Waals surface area contributed by atoms with Crippen LogP contribution < -0.4 is 4.74 Å². The van der Waals surface area contributed by atoms with Gasteiger partial charge in [0.25, 0.3) is 0 Å². The lowest BCUT2D eigenvalue weighted by Crippen LogP contribution is -2.11. The molecular weight excluding hydrogens is 500 g/mol. The van der Waals surface area contributed by atoms with Crippen LogP contribution in [-0.4, -0.2) is 36.4 Å². The van der Waals surface area contributed by atoms with E-state index in [1.54, 1.807) is 48.5 Å². The van der Waals surface area contributed by atoms with Gasteiger partial charge in [0.2, 0.25) is 10.4 Å². The van der Waals surface area contributed by atoms with Crippen molar-refractivity contribution in [3.63, 3.8) is 0 Å². The van der Waals surface area contributed by atoms with Gasteiger partial charge in [-0.2, -0.15) is 0 Å². The largest absolute Gasteiger partial charge is 0.726 e. The number of hydrogen-bond acceptors (Lipinski definition) is 7. The predicted octanol–water partition coefficient (Wildman–Crippen LogP) is 4.88. The van der Waals surface area contributed by atoms with Crippen molar-refractivity contribution < 1.29 is 32.1 Å². The van der Waals surface area contributed by atoms with Crippen LogP contribution in [0.4, 0.5) is 0 Å². The molecule has 9 heteroatoms. The quantitative estimate of drug-likeness (QED) is 0.138. The summed E-state index contributed by atoms with van der Waals surface area (Å²) in [5, 5.41) is 19.0. The van der Waals surface area contributed by atoms with Gasteiger partial charge in [0.05, 0.1) is 17.5 Å². The number of phenols is 2. The fourth-order valence-corrected chi connectivity index (χ4v) is 5.41. The third-order valence-corrected chi connectivity index (χ3v) is 7.48. The van der Waals surface area contributed by atoms with Gasteiger partial charge in [-0.1, -0.05) is 48.5 Å². The van der Waals surface area contributed by atoms with Crippen molar-refractivity contribution in [1.29, 1.82) is 0 Å². The van der Waals surface area contributed by atoms with E-state index < -0.39 is 10.4 Å². The maximum atomic E-state index is 10.0. The summed E-state index contributed by atoms with van der Waals surface area (Å²) in [5.41, 5.74) is 1.27. The Labute approximate surface area is 213 Å². The van der Waals surface area contributed by atoms with Crippen LogP contribution >= 0.6 is 0 Å².